The highest BCUT2D eigenvalue weighted by molar-refractivity contribution is 5.76. The van der Waals surface area contributed by atoms with Gasteiger partial charge in [-0.05, 0) is 24.5 Å². The zero-order chi connectivity index (χ0) is 17.1. The lowest BCUT2D eigenvalue weighted by atomic mass is 9.94. The summed E-state index contributed by atoms with van der Waals surface area (Å²) in [5.74, 6) is 0.463. The number of aromatic nitrogens is 2. The molecule has 1 fully saturated rings. The van der Waals surface area contributed by atoms with Crippen LogP contribution in [0.5, 0.6) is 0 Å². The molecule has 1 unspecified atom stereocenters. The highest BCUT2D eigenvalue weighted by Crippen LogP contribution is 2.29. The number of carbonyl (C=O) groups is 1. The average molecular weight is 328 g/mol. The van der Waals surface area contributed by atoms with E-state index in [1.165, 1.54) is 28.2 Å². The third-order valence-electron chi connectivity index (χ3n) is 4.55. The van der Waals surface area contributed by atoms with Crippen molar-refractivity contribution in [2.45, 2.75) is 32.2 Å². The molecule has 1 aliphatic heterocycles. The van der Waals surface area contributed by atoms with Gasteiger partial charge in [0.25, 0.3) is 0 Å². The topological polar surface area (TPSA) is 81.3 Å². The molecule has 7 heteroatoms. The van der Waals surface area contributed by atoms with Crippen molar-refractivity contribution in [1.82, 2.24) is 14.7 Å². The quantitative estimate of drug-likeness (QED) is 0.624. The Bertz CT molecular complexity index is 756. The van der Waals surface area contributed by atoms with Crippen LogP contribution >= 0.6 is 0 Å². The second-order valence-electron chi connectivity index (χ2n) is 6.15. The van der Waals surface area contributed by atoms with Crippen molar-refractivity contribution in [3.05, 3.63) is 57.9 Å². The molecule has 0 N–H and O–H groups in total. The predicted octanol–water partition coefficient (Wildman–Crippen LogP) is 2.51. The molecular weight excluding hydrogens is 308 g/mol. The van der Waals surface area contributed by atoms with Crippen molar-refractivity contribution in [1.29, 1.82) is 0 Å². The third-order valence-corrected chi connectivity index (χ3v) is 4.55. The van der Waals surface area contributed by atoms with Crippen LogP contribution in [0, 0.1) is 17.0 Å². The van der Waals surface area contributed by atoms with E-state index in [0.29, 0.717) is 18.9 Å². The Morgan fingerprint density at radius 2 is 2.21 bits per heavy atom. The first-order valence-electron chi connectivity index (χ1n) is 8.04. The van der Waals surface area contributed by atoms with E-state index in [2.05, 4.69) is 24.2 Å². The minimum Gasteiger partial charge on any atom is -0.342 e. The van der Waals surface area contributed by atoms with Gasteiger partial charge in [0.15, 0.2) is 0 Å². The molecule has 1 aromatic heterocycles. The Morgan fingerprint density at radius 3 is 2.92 bits per heavy atom. The molecule has 3 rings (SSSR count). The largest absolute Gasteiger partial charge is 0.342 e. The van der Waals surface area contributed by atoms with Gasteiger partial charge in [0.1, 0.15) is 12.4 Å². The van der Waals surface area contributed by atoms with Gasteiger partial charge in [-0.25, -0.2) is 0 Å². The SMILES string of the molecule is Cc1ccccc1C1CCN(C(=O)CCn2cc([N+](=O)[O-])cn2)C1. The summed E-state index contributed by atoms with van der Waals surface area (Å²) in [6.07, 6.45) is 3.84. The molecule has 126 valence electrons. The highest BCUT2D eigenvalue weighted by atomic mass is 16.6. The molecule has 1 saturated heterocycles. The standard InChI is InChI=1S/C17H20N4O3/c1-13-4-2-3-5-16(13)14-6-8-19(11-14)17(22)7-9-20-12-15(10-18-20)21(23)24/h2-5,10,12,14H,6-9,11H2,1H3. The summed E-state index contributed by atoms with van der Waals surface area (Å²) in [5.41, 5.74) is 2.53. The summed E-state index contributed by atoms with van der Waals surface area (Å²) in [6, 6.07) is 8.30. The summed E-state index contributed by atoms with van der Waals surface area (Å²) in [4.78, 5) is 24.4. The van der Waals surface area contributed by atoms with Gasteiger partial charge in [-0.1, -0.05) is 24.3 Å². The molecule has 0 bridgehead atoms. The van der Waals surface area contributed by atoms with Crippen LogP contribution in [0.15, 0.2) is 36.7 Å². The molecule has 1 aliphatic rings. The Balaban J connectivity index is 1.55. The van der Waals surface area contributed by atoms with Crippen LogP contribution in [0.25, 0.3) is 0 Å². The first-order chi connectivity index (χ1) is 11.5. The van der Waals surface area contributed by atoms with Crippen molar-refractivity contribution in [3.8, 4) is 0 Å². The molecular formula is C17H20N4O3. The molecule has 0 radical (unpaired) electrons. The van der Waals surface area contributed by atoms with Crippen LogP contribution in [0.3, 0.4) is 0 Å². The van der Waals surface area contributed by atoms with Crippen molar-refractivity contribution >= 4 is 11.6 Å². The third kappa shape index (κ3) is 3.45. The predicted molar refractivity (Wildman–Crippen MR) is 88.6 cm³/mol. The lowest BCUT2D eigenvalue weighted by Gasteiger charge is -2.17. The lowest BCUT2D eigenvalue weighted by molar-refractivity contribution is -0.385. The zero-order valence-electron chi connectivity index (χ0n) is 13.6. The first-order valence-corrected chi connectivity index (χ1v) is 8.04. The van der Waals surface area contributed by atoms with Gasteiger partial charge in [-0.15, -0.1) is 0 Å². The minimum atomic E-state index is -0.488. The second kappa shape index (κ2) is 6.82. The van der Waals surface area contributed by atoms with Gasteiger partial charge < -0.3 is 4.90 Å². The molecule has 24 heavy (non-hydrogen) atoms. The van der Waals surface area contributed by atoms with E-state index in [9.17, 15) is 14.9 Å². The number of carbonyl (C=O) groups excluding carboxylic acids is 1. The van der Waals surface area contributed by atoms with Gasteiger partial charge in [0.05, 0.1) is 4.92 Å². The van der Waals surface area contributed by atoms with Crippen LogP contribution in [0.1, 0.15) is 29.9 Å². The number of hydrogen-bond acceptors (Lipinski definition) is 4. The first kappa shape index (κ1) is 16.2. The number of likely N-dealkylation sites (tertiary alicyclic amines) is 1. The number of amides is 1. The summed E-state index contributed by atoms with van der Waals surface area (Å²) in [7, 11) is 0. The molecule has 0 aliphatic carbocycles. The molecule has 0 spiro atoms. The highest BCUT2D eigenvalue weighted by Gasteiger charge is 2.27. The van der Waals surface area contributed by atoms with Crippen molar-refractivity contribution in [2.24, 2.45) is 0 Å². The smallest absolute Gasteiger partial charge is 0.306 e. The van der Waals surface area contributed by atoms with Gasteiger partial charge in [0, 0.05) is 32.0 Å². The van der Waals surface area contributed by atoms with Crippen LogP contribution in [-0.2, 0) is 11.3 Å². The van der Waals surface area contributed by atoms with Gasteiger partial charge in [-0.2, -0.15) is 5.10 Å². The fraction of sp³-hybridized carbons (Fsp3) is 0.412. The summed E-state index contributed by atoms with van der Waals surface area (Å²) in [6.45, 7) is 3.96. The maximum absolute atomic E-state index is 12.4. The maximum Gasteiger partial charge on any atom is 0.306 e. The summed E-state index contributed by atoms with van der Waals surface area (Å²) >= 11 is 0. The molecule has 1 amide bonds. The molecule has 1 aromatic carbocycles. The molecule has 2 aromatic rings. The monoisotopic (exact) mass is 328 g/mol. The molecule has 7 nitrogen and oxygen atoms in total. The van der Waals surface area contributed by atoms with E-state index >= 15 is 0 Å². The Labute approximate surface area is 140 Å². The van der Waals surface area contributed by atoms with Crippen molar-refractivity contribution in [3.63, 3.8) is 0 Å². The van der Waals surface area contributed by atoms with E-state index in [4.69, 9.17) is 0 Å². The van der Waals surface area contributed by atoms with Crippen LogP contribution in [0.4, 0.5) is 5.69 Å². The summed E-state index contributed by atoms with van der Waals surface area (Å²) < 4.78 is 1.45. The fourth-order valence-corrected chi connectivity index (χ4v) is 3.22. The Hall–Kier alpha value is -2.70. The van der Waals surface area contributed by atoms with Crippen LogP contribution in [-0.4, -0.2) is 38.6 Å². The van der Waals surface area contributed by atoms with Crippen molar-refractivity contribution < 1.29 is 9.72 Å². The van der Waals surface area contributed by atoms with E-state index in [1.54, 1.807) is 0 Å². The second-order valence-corrected chi connectivity index (χ2v) is 6.15. The van der Waals surface area contributed by atoms with Gasteiger partial charge >= 0.3 is 5.69 Å². The normalized spacial score (nSPS) is 17.2. The van der Waals surface area contributed by atoms with Crippen molar-refractivity contribution in [2.75, 3.05) is 13.1 Å². The number of aryl methyl sites for hydroxylation is 2. The Kier molecular flexibility index (Phi) is 4.59. The van der Waals surface area contributed by atoms with Crippen LogP contribution < -0.4 is 0 Å². The molecule has 0 saturated carbocycles. The molecule has 2 heterocycles. The van der Waals surface area contributed by atoms with E-state index in [0.717, 1.165) is 19.5 Å². The van der Waals surface area contributed by atoms with E-state index in [-0.39, 0.29) is 11.6 Å². The lowest BCUT2D eigenvalue weighted by Crippen LogP contribution is -2.29. The Morgan fingerprint density at radius 1 is 1.42 bits per heavy atom. The number of rotatable bonds is 5. The van der Waals surface area contributed by atoms with Crippen LogP contribution in [0.2, 0.25) is 0 Å². The van der Waals surface area contributed by atoms with Gasteiger partial charge in [0.2, 0.25) is 5.91 Å². The van der Waals surface area contributed by atoms with E-state index < -0.39 is 4.92 Å². The number of hydrogen-bond donors (Lipinski definition) is 0. The zero-order valence-corrected chi connectivity index (χ0v) is 13.6. The number of nitro groups is 1. The summed E-state index contributed by atoms with van der Waals surface area (Å²) in [5, 5.41) is 14.6. The minimum absolute atomic E-state index is 0.0526. The molecule has 1 atom stereocenters. The average Bonchev–Trinajstić information content (AvgIpc) is 3.22. The fourth-order valence-electron chi connectivity index (χ4n) is 3.22. The van der Waals surface area contributed by atoms with E-state index in [1.807, 2.05) is 17.0 Å². The number of benzene rings is 1. The van der Waals surface area contributed by atoms with Gasteiger partial charge in [-0.3, -0.25) is 19.6 Å². The number of nitrogens with zero attached hydrogens (tertiary/aromatic N) is 4. The maximum atomic E-state index is 12.4.